The van der Waals surface area contributed by atoms with E-state index in [-0.39, 0.29) is 11.5 Å². The molecule has 0 aliphatic heterocycles. The molecule has 0 radical (unpaired) electrons. The Morgan fingerprint density at radius 1 is 1.06 bits per heavy atom. The van der Waals surface area contributed by atoms with Crippen molar-refractivity contribution in [3.05, 3.63) is 92.9 Å². The van der Waals surface area contributed by atoms with Crippen molar-refractivity contribution in [3.63, 3.8) is 0 Å². The smallest absolute Gasteiger partial charge is 0.257 e. The Bertz CT molecular complexity index is 1110. The van der Waals surface area contributed by atoms with E-state index >= 15 is 0 Å². The maximum absolute atomic E-state index is 12.9. The van der Waals surface area contributed by atoms with E-state index in [1.54, 1.807) is 11.6 Å². The van der Waals surface area contributed by atoms with Gasteiger partial charge < -0.3 is 5.32 Å². The van der Waals surface area contributed by atoms with Crippen LogP contribution in [0, 0.1) is 13.8 Å². The third-order valence-electron chi connectivity index (χ3n) is 5.37. The molecular formula is C26H31N3O2S. The van der Waals surface area contributed by atoms with E-state index in [1.165, 1.54) is 22.9 Å². The normalized spacial score (nSPS) is 10.8. The Labute approximate surface area is 194 Å². The third kappa shape index (κ3) is 6.82. The zero-order chi connectivity index (χ0) is 22.9. The van der Waals surface area contributed by atoms with Gasteiger partial charge in [0.1, 0.15) is 0 Å². The first kappa shape index (κ1) is 23.8. The molecule has 2 aromatic carbocycles. The van der Waals surface area contributed by atoms with Gasteiger partial charge in [0, 0.05) is 43.4 Å². The van der Waals surface area contributed by atoms with Gasteiger partial charge in [-0.05, 0) is 37.8 Å². The number of rotatable bonds is 10. The van der Waals surface area contributed by atoms with E-state index in [0.717, 1.165) is 35.4 Å². The lowest BCUT2D eigenvalue weighted by atomic mass is 10.0. The number of nitrogens with zero attached hydrogens (tertiary/aromatic N) is 2. The van der Waals surface area contributed by atoms with Gasteiger partial charge in [0.25, 0.3) is 5.56 Å². The Hall–Kier alpha value is -2.86. The highest BCUT2D eigenvalue weighted by Crippen LogP contribution is 2.18. The number of carbonyl (C=O) groups is 1. The minimum Gasteiger partial charge on any atom is -0.356 e. The first-order valence-electron chi connectivity index (χ1n) is 11.0. The quantitative estimate of drug-likeness (QED) is 0.286. The van der Waals surface area contributed by atoms with E-state index in [1.807, 2.05) is 37.3 Å². The maximum Gasteiger partial charge on any atom is 0.257 e. The van der Waals surface area contributed by atoms with Crippen LogP contribution in [0.3, 0.4) is 0 Å². The second-order valence-electron chi connectivity index (χ2n) is 8.03. The fourth-order valence-electron chi connectivity index (χ4n) is 3.56. The minimum absolute atomic E-state index is 0.000149. The summed E-state index contributed by atoms with van der Waals surface area (Å²) in [6.45, 7) is 4.60. The molecule has 168 valence electrons. The first-order chi connectivity index (χ1) is 15.4. The monoisotopic (exact) mass is 449 g/mol. The van der Waals surface area contributed by atoms with Gasteiger partial charge in [-0.25, -0.2) is 4.98 Å². The Morgan fingerprint density at radius 2 is 1.81 bits per heavy atom. The predicted octanol–water partition coefficient (Wildman–Crippen LogP) is 4.22. The van der Waals surface area contributed by atoms with Crippen LogP contribution in [0.15, 0.2) is 64.5 Å². The number of nitrogens with one attached hydrogen (secondary N) is 1. The molecule has 0 aliphatic rings. The van der Waals surface area contributed by atoms with Crippen LogP contribution in [0.5, 0.6) is 0 Å². The molecule has 6 heteroatoms. The highest BCUT2D eigenvalue weighted by molar-refractivity contribution is 7.99. The number of aryl methyl sites for hydroxylation is 2. The molecule has 1 aromatic heterocycles. The van der Waals surface area contributed by atoms with Crippen molar-refractivity contribution in [2.75, 3.05) is 12.3 Å². The SMILES string of the molecule is Cc1cccc(Cc2c(C)nc(SCCCC(=O)NCCc3ccccc3)n(C)c2=O)c1. The van der Waals surface area contributed by atoms with Crippen LogP contribution in [0.25, 0.3) is 0 Å². The molecule has 3 rings (SSSR count). The van der Waals surface area contributed by atoms with Gasteiger partial charge in [-0.3, -0.25) is 14.2 Å². The van der Waals surface area contributed by atoms with Gasteiger partial charge in [0.05, 0.1) is 0 Å². The Morgan fingerprint density at radius 3 is 2.56 bits per heavy atom. The number of hydrogen-bond acceptors (Lipinski definition) is 4. The number of thioether (sulfide) groups is 1. The molecule has 0 unspecified atom stereocenters. The van der Waals surface area contributed by atoms with Gasteiger partial charge >= 0.3 is 0 Å². The fraction of sp³-hybridized carbons (Fsp3) is 0.346. The molecule has 3 aromatic rings. The van der Waals surface area contributed by atoms with E-state index in [0.29, 0.717) is 24.5 Å². The molecule has 0 atom stereocenters. The molecule has 1 heterocycles. The molecule has 0 aliphatic carbocycles. The topological polar surface area (TPSA) is 64.0 Å². The summed E-state index contributed by atoms with van der Waals surface area (Å²) in [5.74, 6) is 0.802. The van der Waals surface area contributed by atoms with Crippen LogP contribution in [0.4, 0.5) is 0 Å². The summed E-state index contributed by atoms with van der Waals surface area (Å²) in [4.78, 5) is 29.7. The maximum atomic E-state index is 12.9. The third-order valence-corrected chi connectivity index (χ3v) is 6.49. The van der Waals surface area contributed by atoms with Crippen molar-refractivity contribution in [2.45, 2.75) is 44.7 Å². The summed E-state index contributed by atoms with van der Waals surface area (Å²) in [6, 6.07) is 18.3. The fourth-order valence-corrected chi connectivity index (χ4v) is 4.51. The van der Waals surface area contributed by atoms with Crippen LogP contribution in [0.1, 0.15) is 40.8 Å². The highest BCUT2D eigenvalue weighted by atomic mass is 32.2. The summed E-state index contributed by atoms with van der Waals surface area (Å²) in [5, 5.41) is 3.67. The zero-order valence-electron chi connectivity index (χ0n) is 19.1. The summed E-state index contributed by atoms with van der Waals surface area (Å²) in [5.41, 5.74) is 5.03. The van der Waals surface area contributed by atoms with Gasteiger partial charge in [-0.1, -0.05) is 71.9 Å². The summed E-state index contributed by atoms with van der Waals surface area (Å²) in [6.07, 6.45) is 2.63. The van der Waals surface area contributed by atoms with Crippen molar-refractivity contribution in [3.8, 4) is 0 Å². The number of carbonyl (C=O) groups excluding carboxylic acids is 1. The second-order valence-corrected chi connectivity index (χ2v) is 9.09. The van der Waals surface area contributed by atoms with Crippen molar-refractivity contribution < 1.29 is 4.79 Å². The van der Waals surface area contributed by atoms with Gasteiger partial charge in [-0.2, -0.15) is 0 Å². The minimum atomic E-state index is 0.000149. The number of amides is 1. The van der Waals surface area contributed by atoms with E-state index in [4.69, 9.17) is 0 Å². The molecule has 0 spiro atoms. The average molecular weight is 450 g/mol. The number of benzene rings is 2. The van der Waals surface area contributed by atoms with Gasteiger partial charge in [-0.15, -0.1) is 0 Å². The molecule has 1 N–H and O–H groups in total. The Balaban J connectivity index is 1.47. The lowest BCUT2D eigenvalue weighted by Gasteiger charge is -2.12. The van der Waals surface area contributed by atoms with Crippen molar-refractivity contribution in [1.29, 1.82) is 0 Å². The summed E-state index contributed by atoms with van der Waals surface area (Å²) >= 11 is 1.53. The van der Waals surface area contributed by atoms with Crippen LogP contribution >= 0.6 is 11.8 Å². The van der Waals surface area contributed by atoms with Crippen molar-refractivity contribution in [1.82, 2.24) is 14.9 Å². The largest absolute Gasteiger partial charge is 0.356 e. The molecule has 0 bridgehead atoms. The standard InChI is InChI=1S/C26H31N3O2S/c1-19-9-7-12-22(17-19)18-23-20(2)28-26(29(3)25(23)31)32-16-8-13-24(30)27-15-14-21-10-5-4-6-11-21/h4-7,9-12,17H,8,13-16,18H2,1-3H3,(H,27,30). The molecule has 0 saturated carbocycles. The highest BCUT2D eigenvalue weighted by Gasteiger charge is 2.13. The molecule has 1 amide bonds. The van der Waals surface area contributed by atoms with Crippen LogP contribution < -0.4 is 10.9 Å². The average Bonchev–Trinajstić information content (AvgIpc) is 2.78. The number of aromatic nitrogens is 2. The predicted molar refractivity (Wildman–Crippen MR) is 131 cm³/mol. The zero-order valence-corrected chi connectivity index (χ0v) is 19.9. The molecular weight excluding hydrogens is 418 g/mol. The summed E-state index contributed by atoms with van der Waals surface area (Å²) in [7, 11) is 1.77. The van der Waals surface area contributed by atoms with E-state index in [9.17, 15) is 9.59 Å². The molecule has 0 fully saturated rings. The first-order valence-corrected chi connectivity index (χ1v) is 12.0. The molecule has 0 saturated heterocycles. The summed E-state index contributed by atoms with van der Waals surface area (Å²) < 4.78 is 1.63. The van der Waals surface area contributed by atoms with Gasteiger partial charge in [0.2, 0.25) is 5.91 Å². The second kappa shape index (κ2) is 11.7. The Kier molecular flexibility index (Phi) is 8.68. The van der Waals surface area contributed by atoms with Crippen LogP contribution in [-0.2, 0) is 24.7 Å². The number of hydrogen-bond donors (Lipinski definition) is 1. The van der Waals surface area contributed by atoms with E-state index < -0.39 is 0 Å². The van der Waals surface area contributed by atoms with Crippen LogP contribution in [0.2, 0.25) is 0 Å². The lowest BCUT2D eigenvalue weighted by molar-refractivity contribution is -0.121. The van der Waals surface area contributed by atoms with Crippen molar-refractivity contribution >= 4 is 17.7 Å². The van der Waals surface area contributed by atoms with E-state index in [2.05, 4.69) is 41.5 Å². The van der Waals surface area contributed by atoms with Gasteiger partial charge in [0.15, 0.2) is 5.16 Å². The molecule has 32 heavy (non-hydrogen) atoms. The van der Waals surface area contributed by atoms with Crippen molar-refractivity contribution in [2.24, 2.45) is 7.05 Å². The lowest BCUT2D eigenvalue weighted by Crippen LogP contribution is -2.26. The molecule has 5 nitrogen and oxygen atoms in total. The van der Waals surface area contributed by atoms with Crippen LogP contribution in [-0.4, -0.2) is 27.8 Å².